The van der Waals surface area contributed by atoms with E-state index in [1.807, 2.05) is 0 Å². The molecule has 0 saturated heterocycles. The Kier molecular flexibility index (Phi) is 2.49. The van der Waals surface area contributed by atoms with E-state index >= 15 is 0 Å². The topological polar surface area (TPSA) is 12.0 Å². The largest absolute Gasteiger partial charge is 0.385 e. The highest BCUT2D eigenvalue weighted by atomic mass is 14.9. The number of hydrogen-bond donors (Lipinski definition) is 1. The summed E-state index contributed by atoms with van der Waals surface area (Å²) in [6.07, 6.45) is 1.24. The van der Waals surface area contributed by atoms with Crippen molar-refractivity contribution in [2.45, 2.75) is 27.2 Å². The summed E-state index contributed by atoms with van der Waals surface area (Å²) in [4.78, 5) is 0. The van der Waals surface area contributed by atoms with E-state index in [0.29, 0.717) is 0 Å². The van der Waals surface area contributed by atoms with Crippen LogP contribution >= 0.6 is 0 Å². The zero-order chi connectivity index (χ0) is 10.1. The third-order valence-corrected chi connectivity index (χ3v) is 3.24. The molecule has 0 saturated carbocycles. The van der Waals surface area contributed by atoms with Gasteiger partial charge in [0.1, 0.15) is 0 Å². The van der Waals surface area contributed by atoms with Crippen LogP contribution in [0.15, 0.2) is 18.2 Å². The van der Waals surface area contributed by atoms with Gasteiger partial charge in [0.25, 0.3) is 0 Å². The van der Waals surface area contributed by atoms with Gasteiger partial charge in [-0.25, -0.2) is 0 Å². The Labute approximate surface area is 86.5 Å². The molecule has 0 radical (unpaired) electrons. The van der Waals surface area contributed by atoms with Gasteiger partial charge in [-0.1, -0.05) is 31.5 Å². The van der Waals surface area contributed by atoms with Crippen LogP contribution in [0.2, 0.25) is 0 Å². The van der Waals surface area contributed by atoms with Crippen LogP contribution in [0.25, 0.3) is 0 Å². The first-order chi connectivity index (χ1) is 6.66. The van der Waals surface area contributed by atoms with Gasteiger partial charge < -0.3 is 5.32 Å². The molecule has 0 aliphatic carbocycles. The van der Waals surface area contributed by atoms with Crippen molar-refractivity contribution in [2.24, 2.45) is 11.8 Å². The summed E-state index contributed by atoms with van der Waals surface area (Å²) in [5, 5.41) is 3.52. The molecule has 1 aliphatic rings. The van der Waals surface area contributed by atoms with Crippen molar-refractivity contribution in [2.75, 3.05) is 11.9 Å². The molecule has 1 atom stereocenters. The van der Waals surface area contributed by atoms with Gasteiger partial charge in [-0.15, -0.1) is 0 Å². The quantitative estimate of drug-likeness (QED) is 0.715. The summed E-state index contributed by atoms with van der Waals surface area (Å²) >= 11 is 0. The molecule has 1 heteroatoms. The molecule has 0 aromatic heterocycles. The SMILES string of the molecule is Cc1ccc2c(c1)CC(C(C)C)CN2. The number of anilines is 1. The monoisotopic (exact) mass is 189 g/mol. The maximum absolute atomic E-state index is 3.52. The van der Waals surface area contributed by atoms with E-state index in [-0.39, 0.29) is 0 Å². The Hall–Kier alpha value is -0.980. The second-order valence-electron chi connectivity index (χ2n) is 4.75. The average molecular weight is 189 g/mol. The smallest absolute Gasteiger partial charge is 0.0373 e. The van der Waals surface area contributed by atoms with Crippen LogP contribution in [-0.4, -0.2) is 6.54 Å². The molecule has 2 rings (SSSR count). The highest BCUT2D eigenvalue weighted by molar-refractivity contribution is 5.54. The minimum atomic E-state index is 0.774. The van der Waals surface area contributed by atoms with Crippen LogP contribution in [0.5, 0.6) is 0 Å². The average Bonchev–Trinajstić information content (AvgIpc) is 2.16. The maximum atomic E-state index is 3.52. The summed E-state index contributed by atoms with van der Waals surface area (Å²) in [6, 6.07) is 6.71. The van der Waals surface area contributed by atoms with Gasteiger partial charge in [-0.3, -0.25) is 0 Å². The molecule has 1 nitrogen and oxygen atoms in total. The summed E-state index contributed by atoms with van der Waals surface area (Å²) in [6.45, 7) is 7.92. The van der Waals surface area contributed by atoms with E-state index in [1.54, 1.807) is 0 Å². The second kappa shape index (κ2) is 3.64. The number of nitrogens with one attached hydrogen (secondary N) is 1. The van der Waals surface area contributed by atoms with Gasteiger partial charge in [0, 0.05) is 12.2 Å². The van der Waals surface area contributed by atoms with Crippen LogP contribution in [0.1, 0.15) is 25.0 Å². The van der Waals surface area contributed by atoms with Crippen molar-refractivity contribution in [1.29, 1.82) is 0 Å². The molecule has 1 heterocycles. The Morgan fingerprint density at radius 1 is 1.36 bits per heavy atom. The maximum Gasteiger partial charge on any atom is 0.0373 e. The Bertz CT molecular complexity index is 328. The first kappa shape index (κ1) is 9.57. The van der Waals surface area contributed by atoms with E-state index < -0.39 is 0 Å². The Balaban J connectivity index is 2.24. The third kappa shape index (κ3) is 1.77. The molecule has 0 spiro atoms. The summed E-state index contributed by atoms with van der Waals surface area (Å²) in [5.74, 6) is 1.57. The Morgan fingerprint density at radius 3 is 2.86 bits per heavy atom. The van der Waals surface area contributed by atoms with E-state index in [9.17, 15) is 0 Å². The van der Waals surface area contributed by atoms with Crippen molar-refractivity contribution >= 4 is 5.69 Å². The van der Waals surface area contributed by atoms with Gasteiger partial charge in [-0.05, 0) is 36.8 Å². The van der Waals surface area contributed by atoms with Crippen molar-refractivity contribution in [3.8, 4) is 0 Å². The minimum absolute atomic E-state index is 0.774. The van der Waals surface area contributed by atoms with E-state index in [2.05, 4.69) is 44.3 Å². The number of hydrogen-bond acceptors (Lipinski definition) is 1. The number of benzene rings is 1. The lowest BCUT2D eigenvalue weighted by atomic mass is 9.85. The first-order valence-corrected chi connectivity index (χ1v) is 5.50. The van der Waals surface area contributed by atoms with Crippen LogP contribution < -0.4 is 5.32 Å². The highest BCUT2D eigenvalue weighted by Crippen LogP contribution is 2.28. The van der Waals surface area contributed by atoms with Crippen molar-refractivity contribution in [1.82, 2.24) is 0 Å². The predicted octanol–water partition coefficient (Wildman–Crippen LogP) is 3.24. The molecule has 0 bridgehead atoms. The van der Waals surface area contributed by atoms with Crippen LogP contribution in [0, 0.1) is 18.8 Å². The predicted molar refractivity (Wildman–Crippen MR) is 61.7 cm³/mol. The number of aryl methyl sites for hydroxylation is 1. The van der Waals surface area contributed by atoms with Crippen LogP contribution in [0.3, 0.4) is 0 Å². The molecule has 0 fully saturated rings. The molecule has 1 aliphatic heterocycles. The van der Waals surface area contributed by atoms with Crippen molar-refractivity contribution < 1.29 is 0 Å². The van der Waals surface area contributed by atoms with Gasteiger partial charge >= 0.3 is 0 Å². The number of fused-ring (bicyclic) bond motifs is 1. The lowest BCUT2D eigenvalue weighted by Crippen LogP contribution is -2.26. The van der Waals surface area contributed by atoms with Gasteiger partial charge in [0.2, 0.25) is 0 Å². The summed E-state index contributed by atoms with van der Waals surface area (Å²) in [7, 11) is 0. The highest BCUT2D eigenvalue weighted by Gasteiger charge is 2.20. The summed E-state index contributed by atoms with van der Waals surface area (Å²) in [5.41, 5.74) is 4.21. The fourth-order valence-electron chi connectivity index (χ4n) is 2.13. The van der Waals surface area contributed by atoms with E-state index in [4.69, 9.17) is 0 Å². The molecular formula is C13H19N. The minimum Gasteiger partial charge on any atom is -0.385 e. The van der Waals surface area contributed by atoms with Crippen LogP contribution in [-0.2, 0) is 6.42 Å². The lowest BCUT2D eigenvalue weighted by molar-refractivity contribution is 0.393. The molecular weight excluding hydrogens is 170 g/mol. The molecule has 1 aromatic carbocycles. The molecule has 1 aromatic rings. The van der Waals surface area contributed by atoms with E-state index in [1.165, 1.54) is 23.2 Å². The first-order valence-electron chi connectivity index (χ1n) is 5.50. The third-order valence-electron chi connectivity index (χ3n) is 3.24. The fourth-order valence-corrected chi connectivity index (χ4v) is 2.13. The van der Waals surface area contributed by atoms with Gasteiger partial charge in [0.05, 0.1) is 0 Å². The van der Waals surface area contributed by atoms with Gasteiger partial charge in [-0.2, -0.15) is 0 Å². The lowest BCUT2D eigenvalue weighted by Gasteiger charge is -2.29. The van der Waals surface area contributed by atoms with Crippen molar-refractivity contribution in [3.63, 3.8) is 0 Å². The Morgan fingerprint density at radius 2 is 2.14 bits per heavy atom. The molecule has 1 N–H and O–H groups in total. The normalized spacial score (nSPS) is 20.4. The second-order valence-corrected chi connectivity index (χ2v) is 4.75. The van der Waals surface area contributed by atoms with E-state index in [0.717, 1.165) is 18.4 Å². The zero-order valence-electron chi connectivity index (χ0n) is 9.30. The van der Waals surface area contributed by atoms with Crippen molar-refractivity contribution in [3.05, 3.63) is 29.3 Å². The van der Waals surface area contributed by atoms with Crippen LogP contribution in [0.4, 0.5) is 5.69 Å². The molecule has 0 amide bonds. The standard InChI is InChI=1S/C13H19N/c1-9(2)12-7-11-6-10(3)4-5-13(11)14-8-12/h4-6,9,12,14H,7-8H2,1-3H3. The fraction of sp³-hybridized carbons (Fsp3) is 0.538. The zero-order valence-corrected chi connectivity index (χ0v) is 9.30. The summed E-state index contributed by atoms with van der Waals surface area (Å²) < 4.78 is 0. The molecule has 14 heavy (non-hydrogen) atoms. The van der Waals surface area contributed by atoms with Gasteiger partial charge in [0.15, 0.2) is 0 Å². The molecule has 76 valence electrons. The number of rotatable bonds is 1. The molecule has 1 unspecified atom stereocenters.